The molecule has 0 aliphatic rings. The number of halogens is 2. The third kappa shape index (κ3) is 4.14. The molecule has 4 nitrogen and oxygen atoms in total. The second-order valence-corrected chi connectivity index (χ2v) is 8.11. The summed E-state index contributed by atoms with van der Waals surface area (Å²) in [7, 11) is 0. The van der Waals surface area contributed by atoms with Crippen LogP contribution in [0.5, 0.6) is 5.75 Å². The molecule has 0 amide bonds. The first-order valence-corrected chi connectivity index (χ1v) is 9.33. The number of hydrogen-bond donors (Lipinski definition) is 2. The van der Waals surface area contributed by atoms with Gasteiger partial charge in [-0.3, -0.25) is 4.79 Å². The molecule has 138 valence electrons. The molecule has 3 aromatic rings. The van der Waals surface area contributed by atoms with E-state index in [1.165, 1.54) is 0 Å². The normalized spacial score (nSPS) is 12.0. The van der Waals surface area contributed by atoms with Gasteiger partial charge in [-0.25, -0.2) is 0 Å². The standard InChI is InChI=1S/C20H22Cl2N2O2/c1-20(2,3)23-9-4-10-26-12-5-6-13-16(11-12)24-15-8-7-14(21)18(22)17(15)19(13)25/h5-8,11,23H,4,9-10H2,1-3H3,(H,24,25). The summed E-state index contributed by atoms with van der Waals surface area (Å²) >= 11 is 12.2. The van der Waals surface area contributed by atoms with Crippen LogP contribution in [0.25, 0.3) is 21.8 Å². The summed E-state index contributed by atoms with van der Waals surface area (Å²) in [6.07, 6.45) is 0.900. The van der Waals surface area contributed by atoms with Gasteiger partial charge in [0, 0.05) is 17.0 Å². The highest BCUT2D eigenvalue weighted by Gasteiger charge is 2.12. The molecule has 0 spiro atoms. The maximum atomic E-state index is 12.8. The number of pyridine rings is 1. The van der Waals surface area contributed by atoms with E-state index in [1.807, 2.05) is 6.07 Å². The molecule has 0 radical (unpaired) electrons. The molecule has 1 heterocycles. The summed E-state index contributed by atoms with van der Waals surface area (Å²) in [6, 6.07) is 8.84. The van der Waals surface area contributed by atoms with Gasteiger partial charge in [0.05, 0.1) is 33.1 Å². The summed E-state index contributed by atoms with van der Waals surface area (Å²) in [5, 5.41) is 5.04. The second kappa shape index (κ2) is 7.47. The van der Waals surface area contributed by atoms with E-state index in [4.69, 9.17) is 27.9 Å². The maximum absolute atomic E-state index is 12.8. The Morgan fingerprint density at radius 3 is 2.62 bits per heavy atom. The predicted octanol–water partition coefficient (Wildman–Crippen LogP) is 5.15. The van der Waals surface area contributed by atoms with E-state index >= 15 is 0 Å². The van der Waals surface area contributed by atoms with Crippen LogP contribution in [0.1, 0.15) is 27.2 Å². The second-order valence-electron chi connectivity index (χ2n) is 7.32. The number of fused-ring (bicyclic) bond motifs is 2. The van der Waals surface area contributed by atoms with Crippen molar-refractivity contribution in [2.75, 3.05) is 13.2 Å². The van der Waals surface area contributed by atoms with Gasteiger partial charge in [0.15, 0.2) is 5.43 Å². The highest BCUT2D eigenvalue weighted by atomic mass is 35.5. The van der Waals surface area contributed by atoms with Crippen molar-refractivity contribution in [3.8, 4) is 5.75 Å². The fraction of sp³-hybridized carbons (Fsp3) is 0.350. The maximum Gasteiger partial charge on any atom is 0.198 e. The van der Waals surface area contributed by atoms with Gasteiger partial charge in [0.1, 0.15) is 5.75 Å². The van der Waals surface area contributed by atoms with Crippen LogP contribution in [0.2, 0.25) is 10.0 Å². The molecule has 0 saturated carbocycles. The Bertz CT molecular complexity index is 1010. The average Bonchev–Trinajstić information content (AvgIpc) is 2.57. The molecule has 2 aromatic carbocycles. The number of H-pyrrole nitrogens is 1. The lowest BCUT2D eigenvalue weighted by Gasteiger charge is -2.20. The molecule has 6 heteroatoms. The summed E-state index contributed by atoms with van der Waals surface area (Å²) in [4.78, 5) is 16.0. The fourth-order valence-electron chi connectivity index (χ4n) is 2.80. The molecule has 3 rings (SSSR count). The Balaban J connectivity index is 1.82. The predicted molar refractivity (Wildman–Crippen MR) is 110 cm³/mol. The van der Waals surface area contributed by atoms with Crippen molar-refractivity contribution in [2.24, 2.45) is 0 Å². The number of nitrogens with one attached hydrogen (secondary N) is 2. The zero-order chi connectivity index (χ0) is 18.9. The number of hydrogen-bond acceptors (Lipinski definition) is 3. The van der Waals surface area contributed by atoms with E-state index in [-0.39, 0.29) is 16.0 Å². The van der Waals surface area contributed by atoms with E-state index in [0.29, 0.717) is 33.4 Å². The summed E-state index contributed by atoms with van der Waals surface area (Å²) in [5.74, 6) is 0.725. The minimum absolute atomic E-state index is 0.105. The lowest BCUT2D eigenvalue weighted by molar-refractivity contribution is 0.298. The highest BCUT2D eigenvalue weighted by Crippen LogP contribution is 2.29. The Kier molecular flexibility index (Phi) is 5.47. The van der Waals surface area contributed by atoms with Crippen LogP contribution in [0.3, 0.4) is 0 Å². The number of benzene rings is 2. The molecular formula is C20H22Cl2N2O2. The topological polar surface area (TPSA) is 54.1 Å². The van der Waals surface area contributed by atoms with Crippen LogP contribution in [0.15, 0.2) is 35.1 Å². The Labute approximate surface area is 162 Å². The van der Waals surface area contributed by atoms with Crippen molar-refractivity contribution in [3.05, 3.63) is 50.6 Å². The monoisotopic (exact) mass is 392 g/mol. The van der Waals surface area contributed by atoms with Crippen LogP contribution in [-0.4, -0.2) is 23.7 Å². The van der Waals surface area contributed by atoms with Gasteiger partial charge in [-0.15, -0.1) is 0 Å². The molecule has 0 saturated heterocycles. The number of rotatable bonds is 5. The average molecular weight is 393 g/mol. The molecule has 0 aliphatic carbocycles. The van der Waals surface area contributed by atoms with E-state index < -0.39 is 0 Å². The Hall–Kier alpha value is -1.75. The van der Waals surface area contributed by atoms with Crippen molar-refractivity contribution in [1.82, 2.24) is 10.3 Å². The Morgan fingerprint density at radius 2 is 1.88 bits per heavy atom. The molecule has 26 heavy (non-hydrogen) atoms. The molecule has 0 fully saturated rings. The Morgan fingerprint density at radius 1 is 1.12 bits per heavy atom. The van der Waals surface area contributed by atoms with Gasteiger partial charge in [0.2, 0.25) is 0 Å². The molecular weight excluding hydrogens is 371 g/mol. The first-order valence-electron chi connectivity index (χ1n) is 8.58. The minimum atomic E-state index is -0.137. The van der Waals surface area contributed by atoms with Crippen LogP contribution >= 0.6 is 23.2 Å². The van der Waals surface area contributed by atoms with Crippen molar-refractivity contribution < 1.29 is 4.74 Å². The fourth-order valence-corrected chi connectivity index (χ4v) is 3.20. The van der Waals surface area contributed by atoms with E-state index in [0.717, 1.165) is 18.7 Å². The molecule has 0 unspecified atom stereocenters. The third-order valence-electron chi connectivity index (χ3n) is 4.07. The summed E-state index contributed by atoms with van der Waals surface area (Å²) in [5.41, 5.74) is 1.34. The highest BCUT2D eigenvalue weighted by molar-refractivity contribution is 6.45. The number of aromatic amines is 1. The number of ether oxygens (including phenoxy) is 1. The van der Waals surface area contributed by atoms with Crippen LogP contribution < -0.4 is 15.5 Å². The van der Waals surface area contributed by atoms with Gasteiger partial charge >= 0.3 is 0 Å². The smallest absolute Gasteiger partial charge is 0.198 e. The summed E-state index contributed by atoms with van der Waals surface area (Å²) in [6.45, 7) is 7.90. The minimum Gasteiger partial charge on any atom is -0.493 e. The van der Waals surface area contributed by atoms with Crippen LogP contribution in [-0.2, 0) is 0 Å². The lowest BCUT2D eigenvalue weighted by atomic mass is 10.1. The first-order chi connectivity index (χ1) is 12.3. The number of aromatic nitrogens is 1. The van der Waals surface area contributed by atoms with Crippen molar-refractivity contribution in [3.63, 3.8) is 0 Å². The van der Waals surface area contributed by atoms with E-state index in [2.05, 4.69) is 31.1 Å². The van der Waals surface area contributed by atoms with Gasteiger partial charge in [0.25, 0.3) is 0 Å². The van der Waals surface area contributed by atoms with Crippen LogP contribution in [0.4, 0.5) is 0 Å². The summed E-state index contributed by atoms with van der Waals surface area (Å²) < 4.78 is 5.81. The van der Waals surface area contributed by atoms with Crippen molar-refractivity contribution in [1.29, 1.82) is 0 Å². The van der Waals surface area contributed by atoms with Gasteiger partial charge in [-0.2, -0.15) is 0 Å². The van der Waals surface area contributed by atoms with Gasteiger partial charge < -0.3 is 15.0 Å². The van der Waals surface area contributed by atoms with Crippen LogP contribution in [0, 0.1) is 0 Å². The molecule has 1 aromatic heterocycles. The largest absolute Gasteiger partial charge is 0.493 e. The molecule has 2 N–H and O–H groups in total. The van der Waals surface area contributed by atoms with Crippen molar-refractivity contribution in [2.45, 2.75) is 32.7 Å². The zero-order valence-corrected chi connectivity index (χ0v) is 16.6. The first kappa shape index (κ1) is 19.0. The van der Waals surface area contributed by atoms with Gasteiger partial charge in [-0.05, 0) is 58.0 Å². The van der Waals surface area contributed by atoms with E-state index in [1.54, 1.807) is 24.3 Å². The van der Waals surface area contributed by atoms with E-state index in [9.17, 15) is 4.79 Å². The third-order valence-corrected chi connectivity index (χ3v) is 4.88. The lowest BCUT2D eigenvalue weighted by Crippen LogP contribution is -2.36. The quantitative estimate of drug-likeness (QED) is 0.466. The molecule has 0 bridgehead atoms. The zero-order valence-electron chi connectivity index (χ0n) is 15.1. The SMILES string of the molecule is CC(C)(C)NCCCOc1ccc2c(=O)c3c(Cl)c(Cl)ccc3[nH]c2c1. The molecule has 0 atom stereocenters. The van der Waals surface area contributed by atoms with Crippen molar-refractivity contribution >= 4 is 45.0 Å². The van der Waals surface area contributed by atoms with Gasteiger partial charge in [-0.1, -0.05) is 23.2 Å². The molecule has 0 aliphatic heterocycles.